The van der Waals surface area contributed by atoms with E-state index in [4.69, 9.17) is 0 Å². The lowest BCUT2D eigenvalue weighted by Gasteiger charge is -2.09. The minimum Gasteiger partial charge on any atom is -0.318 e. The maximum atomic E-state index is 12.6. The lowest BCUT2D eigenvalue weighted by atomic mass is 10.2. The van der Waals surface area contributed by atoms with E-state index in [2.05, 4.69) is 10.4 Å². The highest BCUT2D eigenvalue weighted by Gasteiger charge is 2.30. The molecule has 2 amide bonds. The summed E-state index contributed by atoms with van der Waals surface area (Å²) in [5, 5.41) is 5.67. The van der Waals surface area contributed by atoms with E-state index in [9.17, 15) is 22.8 Å². The SMILES string of the molecule is O=C(N/N=C/c1ccccc1)C(=O)Nc1cccc(C(F)(F)F)c1. The van der Waals surface area contributed by atoms with Crippen LogP contribution in [0.25, 0.3) is 0 Å². The molecule has 0 bridgehead atoms. The minimum atomic E-state index is -4.54. The average molecular weight is 335 g/mol. The Hall–Kier alpha value is -3.16. The van der Waals surface area contributed by atoms with Crippen molar-refractivity contribution in [2.24, 2.45) is 5.10 Å². The van der Waals surface area contributed by atoms with Gasteiger partial charge in [0, 0.05) is 5.69 Å². The van der Waals surface area contributed by atoms with Gasteiger partial charge in [0.1, 0.15) is 0 Å². The third-order valence-corrected chi connectivity index (χ3v) is 2.83. The molecule has 8 heteroatoms. The quantitative estimate of drug-likeness (QED) is 0.514. The van der Waals surface area contributed by atoms with Gasteiger partial charge in [0.25, 0.3) is 0 Å². The number of halogens is 3. The molecule has 0 aromatic heterocycles. The Morgan fingerprint density at radius 1 is 0.958 bits per heavy atom. The van der Waals surface area contributed by atoms with Crippen LogP contribution in [-0.2, 0) is 15.8 Å². The van der Waals surface area contributed by atoms with Gasteiger partial charge in [-0.25, -0.2) is 5.43 Å². The zero-order valence-electron chi connectivity index (χ0n) is 12.2. The lowest BCUT2D eigenvalue weighted by Crippen LogP contribution is -2.32. The van der Waals surface area contributed by atoms with Crippen LogP contribution in [0.4, 0.5) is 18.9 Å². The van der Waals surface area contributed by atoms with Gasteiger partial charge in [-0.15, -0.1) is 0 Å². The van der Waals surface area contributed by atoms with Crippen molar-refractivity contribution in [3.63, 3.8) is 0 Å². The zero-order chi connectivity index (χ0) is 17.6. The van der Waals surface area contributed by atoms with Crippen LogP contribution in [-0.4, -0.2) is 18.0 Å². The average Bonchev–Trinajstić information content (AvgIpc) is 2.55. The van der Waals surface area contributed by atoms with E-state index in [1.165, 1.54) is 12.3 Å². The molecular weight excluding hydrogens is 323 g/mol. The zero-order valence-corrected chi connectivity index (χ0v) is 12.2. The molecule has 2 aromatic rings. The fraction of sp³-hybridized carbons (Fsp3) is 0.0625. The van der Waals surface area contributed by atoms with E-state index in [1.807, 2.05) is 5.43 Å². The first-order valence-electron chi connectivity index (χ1n) is 6.73. The molecule has 0 saturated carbocycles. The lowest BCUT2D eigenvalue weighted by molar-refractivity contribution is -0.137. The van der Waals surface area contributed by atoms with E-state index in [1.54, 1.807) is 30.3 Å². The molecule has 2 N–H and O–H groups in total. The van der Waals surface area contributed by atoms with Crippen molar-refractivity contribution in [1.82, 2.24) is 5.43 Å². The molecule has 124 valence electrons. The number of benzene rings is 2. The van der Waals surface area contributed by atoms with Crippen LogP contribution >= 0.6 is 0 Å². The van der Waals surface area contributed by atoms with E-state index >= 15 is 0 Å². The summed E-state index contributed by atoms with van der Waals surface area (Å²) < 4.78 is 37.7. The normalized spacial score (nSPS) is 11.3. The summed E-state index contributed by atoms with van der Waals surface area (Å²) in [5.41, 5.74) is 1.63. The van der Waals surface area contributed by atoms with E-state index in [0.29, 0.717) is 5.56 Å². The number of nitrogens with zero attached hydrogens (tertiary/aromatic N) is 1. The first-order valence-corrected chi connectivity index (χ1v) is 6.73. The molecule has 0 heterocycles. The van der Waals surface area contributed by atoms with Crippen molar-refractivity contribution in [2.75, 3.05) is 5.32 Å². The fourth-order valence-corrected chi connectivity index (χ4v) is 1.72. The molecule has 0 unspecified atom stereocenters. The van der Waals surface area contributed by atoms with E-state index < -0.39 is 23.6 Å². The molecule has 0 aliphatic carbocycles. The van der Waals surface area contributed by atoms with Crippen LogP contribution in [0.15, 0.2) is 59.7 Å². The monoisotopic (exact) mass is 335 g/mol. The summed E-state index contributed by atoms with van der Waals surface area (Å²) in [4.78, 5) is 23.2. The van der Waals surface area contributed by atoms with Gasteiger partial charge in [-0.05, 0) is 23.8 Å². The van der Waals surface area contributed by atoms with Crippen LogP contribution in [0.2, 0.25) is 0 Å². The Morgan fingerprint density at radius 2 is 1.67 bits per heavy atom. The number of anilines is 1. The highest BCUT2D eigenvalue weighted by atomic mass is 19.4. The number of carbonyl (C=O) groups excluding carboxylic acids is 2. The first-order chi connectivity index (χ1) is 11.4. The molecule has 0 fully saturated rings. The molecule has 5 nitrogen and oxygen atoms in total. The fourth-order valence-electron chi connectivity index (χ4n) is 1.72. The van der Waals surface area contributed by atoms with Crippen molar-refractivity contribution in [2.45, 2.75) is 6.18 Å². The Balaban J connectivity index is 1.95. The van der Waals surface area contributed by atoms with E-state index in [-0.39, 0.29) is 5.69 Å². The van der Waals surface area contributed by atoms with Gasteiger partial charge in [-0.2, -0.15) is 18.3 Å². The topological polar surface area (TPSA) is 70.6 Å². The smallest absolute Gasteiger partial charge is 0.318 e. The summed E-state index contributed by atoms with van der Waals surface area (Å²) in [6.45, 7) is 0. The predicted octanol–water partition coefficient (Wildman–Crippen LogP) is 2.79. The maximum absolute atomic E-state index is 12.6. The number of hydrazone groups is 1. The second-order valence-electron chi connectivity index (χ2n) is 4.64. The van der Waals surface area contributed by atoms with Crippen molar-refractivity contribution >= 4 is 23.7 Å². The predicted molar refractivity (Wildman–Crippen MR) is 82.3 cm³/mol. The van der Waals surface area contributed by atoms with Crippen LogP contribution in [0.1, 0.15) is 11.1 Å². The van der Waals surface area contributed by atoms with Gasteiger partial charge in [0.05, 0.1) is 11.8 Å². The molecule has 24 heavy (non-hydrogen) atoms. The second-order valence-corrected chi connectivity index (χ2v) is 4.64. The largest absolute Gasteiger partial charge is 0.416 e. The number of carbonyl (C=O) groups is 2. The standard InChI is InChI=1S/C16H12F3N3O2/c17-16(18,19)12-7-4-8-13(9-12)21-14(23)15(24)22-20-10-11-5-2-1-3-6-11/h1-10H,(H,21,23)(H,22,24)/b20-10+. The van der Waals surface area contributed by atoms with Crippen molar-refractivity contribution < 1.29 is 22.8 Å². The molecule has 0 aliphatic heterocycles. The molecule has 0 atom stereocenters. The molecule has 0 spiro atoms. The van der Waals surface area contributed by atoms with Crippen molar-refractivity contribution in [3.05, 3.63) is 65.7 Å². The van der Waals surface area contributed by atoms with Gasteiger partial charge in [-0.3, -0.25) is 9.59 Å². The number of hydrogen-bond acceptors (Lipinski definition) is 3. The number of alkyl halides is 3. The highest BCUT2D eigenvalue weighted by Crippen LogP contribution is 2.30. The van der Waals surface area contributed by atoms with Crippen LogP contribution < -0.4 is 10.7 Å². The number of rotatable bonds is 3. The van der Waals surface area contributed by atoms with Gasteiger partial charge in [0.2, 0.25) is 0 Å². The molecule has 0 aliphatic rings. The maximum Gasteiger partial charge on any atom is 0.416 e. The highest BCUT2D eigenvalue weighted by molar-refractivity contribution is 6.39. The van der Waals surface area contributed by atoms with Crippen LogP contribution in [0.5, 0.6) is 0 Å². The molecular formula is C16H12F3N3O2. The minimum absolute atomic E-state index is 0.142. The van der Waals surface area contributed by atoms with Crippen LogP contribution in [0.3, 0.4) is 0 Å². The molecule has 0 saturated heterocycles. The molecule has 2 rings (SSSR count). The van der Waals surface area contributed by atoms with Crippen LogP contribution in [0, 0.1) is 0 Å². The van der Waals surface area contributed by atoms with Gasteiger partial charge < -0.3 is 5.32 Å². The Morgan fingerprint density at radius 3 is 2.33 bits per heavy atom. The summed E-state index contributed by atoms with van der Waals surface area (Å²) in [6, 6.07) is 12.8. The third-order valence-electron chi connectivity index (χ3n) is 2.83. The summed E-state index contributed by atoms with van der Waals surface area (Å²) >= 11 is 0. The number of nitrogens with one attached hydrogen (secondary N) is 2. The van der Waals surface area contributed by atoms with Gasteiger partial charge >= 0.3 is 18.0 Å². The summed E-state index contributed by atoms with van der Waals surface area (Å²) in [6.07, 6.45) is -3.21. The summed E-state index contributed by atoms with van der Waals surface area (Å²) in [7, 11) is 0. The van der Waals surface area contributed by atoms with Crippen molar-refractivity contribution in [1.29, 1.82) is 0 Å². The Bertz CT molecular complexity index is 759. The molecule has 0 radical (unpaired) electrons. The summed E-state index contributed by atoms with van der Waals surface area (Å²) in [5.74, 6) is -2.22. The first kappa shape index (κ1) is 17.2. The molecule has 2 aromatic carbocycles. The Labute approximate surface area is 135 Å². The van der Waals surface area contributed by atoms with Crippen molar-refractivity contribution in [3.8, 4) is 0 Å². The van der Waals surface area contributed by atoms with Gasteiger partial charge in [0.15, 0.2) is 0 Å². The number of hydrogen-bond donors (Lipinski definition) is 2. The Kier molecular flexibility index (Phi) is 5.31. The number of amides is 2. The third kappa shape index (κ3) is 4.94. The van der Waals surface area contributed by atoms with E-state index in [0.717, 1.165) is 18.2 Å². The van der Waals surface area contributed by atoms with Gasteiger partial charge in [-0.1, -0.05) is 36.4 Å². The second kappa shape index (κ2) is 7.40.